The van der Waals surface area contributed by atoms with Crippen molar-refractivity contribution in [3.8, 4) is 0 Å². The molecular formula is C30H29BrN4O4. The molecule has 3 aromatic rings. The number of carboxylic acids is 1. The Labute approximate surface area is 235 Å². The molecule has 5 rings (SSSR count). The molecule has 0 radical (unpaired) electrons. The zero-order valence-electron chi connectivity index (χ0n) is 21.5. The van der Waals surface area contributed by atoms with Crippen molar-refractivity contribution in [3.63, 3.8) is 0 Å². The molecule has 200 valence electrons. The quantitative estimate of drug-likeness (QED) is 0.343. The molecule has 2 aliphatic rings. The molecule has 9 heteroatoms. The lowest BCUT2D eigenvalue weighted by molar-refractivity contribution is -0.137. The molecule has 1 fully saturated rings. The lowest BCUT2D eigenvalue weighted by Gasteiger charge is -2.32. The van der Waals surface area contributed by atoms with Gasteiger partial charge in [-0.25, -0.2) is 0 Å². The van der Waals surface area contributed by atoms with Crippen LogP contribution in [-0.4, -0.2) is 65.9 Å². The van der Waals surface area contributed by atoms with Gasteiger partial charge in [0.25, 0.3) is 11.8 Å². The Balaban J connectivity index is 1.46. The highest BCUT2D eigenvalue weighted by Gasteiger charge is 2.29. The molecule has 2 heterocycles. The Kier molecular flexibility index (Phi) is 7.81. The Morgan fingerprint density at radius 1 is 0.949 bits per heavy atom. The largest absolute Gasteiger partial charge is 0.481 e. The summed E-state index contributed by atoms with van der Waals surface area (Å²) in [4.78, 5) is 41.2. The van der Waals surface area contributed by atoms with Crippen molar-refractivity contribution in [1.29, 1.82) is 0 Å². The number of halogens is 1. The highest BCUT2D eigenvalue weighted by Crippen LogP contribution is 2.39. The second kappa shape index (κ2) is 11.4. The molecule has 0 spiro atoms. The van der Waals surface area contributed by atoms with E-state index in [2.05, 4.69) is 38.5 Å². The van der Waals surface area contributed by atoms with E-state index in [0.29, 0.717) is 36.3 Å². The summed E-state index contributed by atoms with van der Waals surface area (Å²) < 4.78 is 0.862. The standard InChI is InChI=1S/C30H29BrN4O4/c1-34-14-16-35(17-15-34)30(39)21-7-10-23(11-8-21)32-28(20-5-2-19(3-6-20)4-13-26(36)37)27-24-12-9-22(31)18-25(24)33-29(27)38/h2-3,5-12,18,32H,4,13-17H2,1H3,(H,33,38)(H,36,37)/b28-27-. The molecule has 0 aromatic heterocycles. The fraction of sp³-hybridized carbons (Fsp3) is 0.233. The third kappa shape index (κ3) is 6.05. The molecule has 0 aliphatic carbocycles. The fourth-order valence-corrected chi connectivity index (χ4v) is 5.16. The molecule has 0 atom stereocenters. The second-order valence-electron chi connectivity index (χ2n) is 9.78. The van der Waals surface area contributed by atoms with Crippen molar-refractivity contribution in [1.82, 2.24) is 9.80 Å². The number of nitrogens with one attached hydrogen (secondary N) is 2. The molecule has 0 bridgehead atoms. The average Bonchev–Trinajstić information content (AvgIpc) is 3.25. The first-order valence-electron chi connectivity index (χ1n) is 12.8. The van der Waals surface area contributed by atoms with Crippen LogP contribution in [0.4, 0.5) is 11.4 Å². The molecule has 8 nitrogen and oxygen atoms in total. The summed E-state index contributed by atoms with van der Waals surface area (Å²) in [5.41, 5.74) is 5.67. The Hall–Kier alpha value is -3.95. The van der Waals surface area contributed by atoms with Gasteiger partial charge in [-0.05, 0) is 61.0 Å². The van der Waals surface area contributed by atoms with Crippen LogP contribution in [0.1, 0.15) is 33.5 Å². The van der Waals surface area contributed by atoms with Crippen LogP contribution in [0.5, 0.6) is 0 Å². The number of fused-ring (bicyclic) bond motifs is 1. The smallest absolute Gasteiger partial charge is 0.303 e. The molecule has 0 unspecified atom stereocenters. The van der Waals surface area contributed by atoms with E-state index in [0.717, 1.165) is 45.6 Å². The van der Waals surface area contributed by atoms with Crippen molar-refractivity contribution >= 4 is 56.4 Å². The van der Waals surface area contributed by atoms with E-state index in [1.165, 1.54) is 0 Å². The van der Waals surface area contributed by atoms with E-state index in [4.69, 9.17) is 5.11 Å². The van der Waals surface area contributed by atoms with Gasteiger partial charge in [0.2, 0.25) is 0 Å². The van der Waals surface area contributed by atoms with Gasteiger partial charge in [0.05, 0.1) is 17.0 Å². The van der Waals surface area contributed by atoms with Crippen LogP contribution in [0.2, 0.25) is 0 Å². The van der Waals surface area contributed by atoms with Crippen molar-refractivity contribution in [3.05, 3.63) is 93.5 Å². The lowest BCUT2D eigenvalue weighted by Crippen LogP contribution is -2.47. The number of piperazine rings is 1. The minimum Gasteiger partial charge on any atom is -0.481 e. The number of nitrogens with zero attached hydrogens (tertiary/aromatic N) is 2. The summed E-state index contributed by atoms with van der Waals surface area (Å²) in [5.74, 6) is -1.05. The van der Waals surface area contributed by atoms with E-state index in [9.17, 15) is 14.4 Å². The SMILES string of the molecule is CN1CCN(C(=O)c2ccc(N/C(=C3\C(=O)Nc4cc(Br)ccc43)c3ccc(CCC(=O)O)cc3)cc2)CC1. The fourth-order valence-electron chi connectivity index (χ4n) is 4.79. The van der Waals surface area contributed by atoms with Crippen molar-refractivity contribution in [2.45, 2.75) is 12.8 Å². The topological polar surface area (TPSA) is 102 Å². The first-order valence-corrected chi connectivity index (χ1v) is 13.6. The minimum absolute atomic E-state index is 0.0138. The Morgan fingerprint density at radius 3 is 2.28 bits per heavy atom. The van der Waals surface area contributed by atoms with Gasteiger partial charge in [0, 0.05) is 53.9 Å². The van der Waals surface area contributed by atoms with Gasteiger partial charge in [-0.1, -0.05) is 46.3 Å². The van der Waals surface area contributed by atoms with Crippen LogP contribution in [0.15, 0.2) is 71.2 Å². The van der Waals surface area contributed by atoms with Gasteiger partial charge in [0.15, 0.2) is 0 Å². The van der Waals surface area contributed by atoms with E-state index >= 15 is 0 Å². The van der Waals surface area contributed by atoms with Crippen LogP contribution in [0.25, 0.3) is 11.3 Å². The van der Waals surface area contributed by atoms with Gasteiger partial charge in [-0.3, -0.25) is 14.4 Å². The van der Waals surface area contributed by atoms with E-state index < -0.39 is 5.97 Å². The van der Waals surface area contributed by atoms with Gasteiger partial charge >= 0.3 is 5.97 Å². The third-order valence-electron chi connectivity index (χ3n) is 7.04. The molecule has 0 saturated carbocycles. The number of carboxylic acid groups (broad SMARTS) is 1. The zero-order valence-corrected chi connectivity index (χ0v) is 23.1. The Bertz CT molecular complexity index is 1440. The number of hydrogen-bond donors (Lipinski definition) is 3. The number of hydrogen-bond acceptors (Lipinski definition) is 5. The van der Waals surface area contributed by atoms with Gasteiger partial charge < -0.3 is 25.5 Å². The maximum Gasteiger partial charge on any atom is 0.303 e. The molecular weight excluding hydrogens is 560 g/mol. The highest BCUT2D eigenvalue weighted by molar-refractivity contribution is 9.10. The molecule has 39 heavy (non-hydrogen) atoms. The highest BCUT2D eigenvalue weighted by atomic mass is 79.9. The summed E-state index contributed by atoms with van der Waals surface area (Å²) in [6, 6.07) is 20.5. The maximum absolute atomic E-state index is 13.2. The number of likely N-dealkylation sites (N-methyl/N-ethyl adjacent to an activating group) is 1. The monoisotopic (exact) mass is 588 g/mol. The van der Waals surface area contributed by atoms with E-state index in [1.54, 1.807) is 12.1 Å². The van der Waals surface area contributed by atoms with Crippen molar-refractivity contribution in [2.24, 2.45) is 0 Å². The second-order valence-corrected chi connectivity index (χ2v) is 10.7. The van der Waals surface area contributed by atoms with Crippen LogP contribution < -0.4 is 10.6 Å². The lowest BCUT2D eigenvalue weighted by atomic mass is 9.98. The number of aliphatic carboxylic acids is 1. The van der Waals surface area contributed by atoms with Crippen LogP contribution >= 0.6 is 15.9 Å². The zero-order chi connectivity index (χ0) is 27.5. The third-order valence-corrected chi connectivity index (χ3v) is 7.53. The predicted octanol–water partition coefficient (Wildman–Crippen LogP) is 4.79. The van der Waals surface area contributed by atoms with Crippen LogP contribution in [0, 0.1) is 0 Å². The summed E-state index contributed by atoms with van der Waals surface area (Å²) >= 11 is 3.47. The number of benzene rings is 3. The number of amides is 2. The average molecular weight is 589 g/mol. The minimum atomic E-state index is -0.844. The van der Waals surface area contributed by atoms with E-state index in [-0.39, 0.29) is 18.2 Å². The summed E-state index contributed by atoms with van der Waals surface area (Å²) in [6.07, 6.45) is 0.477. The predicted molar refractivity (Wildman–Crippen MR) is 155 cm³/mol. The van der Waals surface area contributed by atoms with Crippen LogP contribution in [-0.2, 0) is 16.0 Å². The summed E-state index contributed by atoms with van der Waals surface area (Å²) in [6.45, 7) is 3.13. The first-order chi connectivity index (χ1) is 18.8. The molecule has 3 aromatic carbocycles. The summed E-state index contributed by atoms with van der Waals surface area (Å²) in [7, 11) is 2.06. The molecule has 3 N–H and O–H groups in total. The Morgan fingerprint density at radius 2 is 1.62 bits per heavy atom. The number of aryl methyl sites for hydroxylation is 1. The van der Waals surface area contributed by atoms with Gasteiger partial charge in [-0.15, -0.1) is 0 Å². The van der Waals surface area contributed by atoms with Crippen molar-refractivity contribution < 1.29 is 19.5 Å². The summed E-state index contributed by atoms with van der Waals surface area (Å²) in [5, 5.41) is 15.4. The maximum atomic E-state index is 13.2. The number of anilines is 2. The number of carbonyl (C=O) groups is 3. The molecule has 2 amide bonds. The number of rotatable bonds is 7. The van der Waals surface area contributed by atoms with Gasteiger partial charge in [0.1, 0.15) is 0 Å². The molecule has 1 saturated heterocycles. The van der Waals surface area contributed by atoms with Crippen LogP contribution in [0.3, 0.4) is 0 Å². The van der Waals surface area contributed by atoms with Gasteiger partial charge in [-0.2, -0.15) is 0 Å². The first kappa shape index (κ1) is 26.6. The number of carbonyl (C=O) groups excluding carboxylic acids is 2. The van der Waals surface area contributed by atoms with Crippen molar-refractivity contribution in [2.75, 3.05) is 43.9 Å². The van der Waals surface area contributed by atoms with E-state index in [1.807, 2.05) is 59.5 Å². The normalized spacial score (nSPS) is 16.5. The molecule has 2 aliphatic heterocycles.